The standard InChI is InChI=1S/C8H10N2O2/c1-5-4-6(2)9-7(3)8(5)10(11)12/h4H,1-3H3. The van der Waals surface area contributed by atoms with Crippen molar-refractivity contribution in [3.8, 4) is 0 Å². The van der Waals surface area contributed by atoms with E-state index in [9.17, 15) is 10.1 Å². The van der Waals surface area contributed by atoms with Crippen molar-refractivity contribution < 1.29 is 4.92 Å². The number of nitro groups is 1. The van der Waals surface area contributed by atoms with Crippen molar-refractivity contribution in [2.45, 2.75) is 20.8 Å². The first kappa shape index (κ1) is 8.64. The largest absolute Gasteiger partial charge is 0.293 e. The minimum Gasteiger partial charge on any atom is -0.258 e. The number of aryl methyl sites for hydroxylation is 3. The minimum atomic E-state index is -0.392. The summed E-state index contributed by atoms with van der Waals surface area (Å²) in [7, 11) is 0. The Morgan fingerprint density at radius 2 is 2.00 bits per heavy atom. The molecule has 0 spiro atoms. The van der Waals surface area contributed by atoms with E-state index in [1.54, 1.807) is 19.9 Å². The summed E-state index contributed by atoms with van der Waals surface area (Å²) in [6, 6.07) is 1.71. The smallest absolute Gasteiger partial charge is 0.258 e. The van der Waals surface area contributed by atoms with E-state index >= 15 is 0 Å². The molecule has 0 N–H and O–H groups in total. The Hall–Kier alpha value is -1.45. The number of nitrogens with zero attached hydrogens (tertiary/aromatic N) is 2. The Morgan fingerprint density at radius 1 is 1.42 bits per heavy atom. The molecule has 0 radical (unpaired) electrons. The van der Waals surface area contributed by atoms with Crippen LogP contribution in [0.15, 0.2) is 6.07 Å². The van der Waals surface area contributed by atoms with Gasteiger partial charge in [0.25, 0.3) is 5.69 Å². The van der Waals surface area contributed by atoms with Crippen molar-refractivity contribution in [3.05, 3.63) is 33.1 Å². The van der Waals surface area contributed by atoms with Crippen LogP contribution in [0.3, 0.4) is 0 Å². The van der Waals surface area contributed by atoms with Gasteiger partial charge in [0, 0.05) is 11.3 Å². The summed E-state index contributed by atoms with van der Waals surface area (Å²) in [5.74, 6) is 0. The van der Waals surface area contributed by atoms with Crippen molar-refractivity contribution in [2.24, 2.45) is 0 Å². The highest BCUT2D eigenvalue weighted by molar-refractivity contribution is 5.43. The molecule has 4 nitrogen and oxygen atoms in total. The highest BCUT2D eigenvalue weighted by atomic mass is 16.6. The van der Waals surface area contributed by atoms with E-state index in [1.807, 2.05) is 6.92 Å². The highest BCUT2D eigenvalue weighted by Gasteiger charge is 2.15. The average Bonchev–Trinajstić information content (AvgIpc) is 1.82. The molecule has 1 heterocycles. The van der Waals surface area contributed by atoms with Crippen LogP contribution in [0.5, 0.6) is 0 Å². The first-order valence-corrected chi connectivity index (χ1v) is 3.61. The van der Waals surface area contributed by atoms with Crippen LogP contribution < -0.4 is 0 Å². The summed E-state index contributed by atoms with van der Waals surface area (Å²) in [6.45, 7) is 5.20. The van der Waals surface area contributed by atoms with Crippen molar-refractivity contribution >= 4 is 5.69 Å². The number of pyridine rings is 1. The molecule has 0 aliphatic carbocycles. The molecule has 0 aliphatic rings. The zero-order valence-electron chi connectivity index (χ0n) is 7.29. The van der Waals surface area contributed by atoms with E-state index in [4.69, 9.17) is 0 Å². The number of rotatable bonds is 1. The second kappa shape index (κ2) is 2.89. The molecule has 0 saturated heterocycles. The Bertz CT molecular complexity index is 311. The second-order valence-electron chi connectivity index (χ2n) is 2.77. The quantitative estimate of drug-likeness (QED) is 0.473. The predicted octanol–water partition coefficient (Wildman–Crippen LogP) is 1.92. The van der Waals surface area contributed by atoms with Crippen LogP contribution in [-0.4, -0.2) is 9.91 Å². The monoisotopic (exact) mass is 166 g/mol. The lowest BCUT2D eigenvalue weighted by molar-refractivity contribution is -0.386. The molecule has 0 amide bonds. The molecule has 0 aliphatic heterocycles. The van der Waals surface area contributed by atoms with Gasteiger partial charge in [0.05, 0.1) is 4.92 Å². The van der Waals surface area contributed by atoms with E-state index < -0.39 is 4.92 Å². The van der Waals surface area contributed by atoms with Crippen LogP contribution in [0.1, 0.15) is 17.0 Å². The topological polar surface area (TPSA) is 56.0 Å². The summed E-state index contributed by atoms with van der Waals surface area (Å²) in [5.41, 5.74) is 2.10. The fourth-order valence-corrected chi connectivity index (χ4v) is 1.29. The van der Waals surface area contributed by atoms with Crippen LogP contribution in [-0.2, 0) is 0 Å². The summed E-state index contributed by atoms with van der Waals surface area (Å²) >= 11 is 0. The predicted molar refractivity (Wildman–Crippen MR) is 45.1 cm³/mol. The maximum atomic E-state index is 10.5. The van der Waals surface area contributed by atoms with Gasteiger partial charge in [-0.25, -0.2) is 0 Å². The fraction of sp³-hybridized carbons (Fsp3) is 0.375. The van der Waals surface area contributed by atoms with Gasteiger partial charge in [-0.3, -0.25) is 15.1 Å². The van der Waals surface area contributed by atoms with Gasteiger partial charge in [-0.1, -0.05) is 0 Å². The molecule has 64 valence electrons. The third kappa shape index (κ3) is 1.42. The molecule has 4 heteroatoms. The van der Waals surface area contributed by atoms with Gasteiger partial charge in [0.1, 0.15) is 5.69 Å². The molecule has 0 unspecified atom stereocenters. The Balaban J connectivity index is 3.38. The van der Waals surface area contributed by atoms with Crippen LogP contribution in [0, 0.1) is 30.9 Å². The van der Waals surface area contributed by atoms with Gasteiger partial charge in [-0.2, -0.15) is 0 Å². The lowest BCUT2D eigenvalue weighted by Gasteiger charge is -2.00. The lowest BCUT2D eigenvalue weighted by Crippen LogP contribution is -1.98. The van der Waals surface area contributed by atoms with Crippen LogP contribution in [0.25, 0.3) is 0 Å². The van der Waals surface area contributed by atoms with Gasteiger partial charge in [0.2, 0.25) is 0 Å². The number of hydrogen-bond acceptors (Lipinski definition) is 3. The van der Waals surface area contributed by atoms with Crippen LogP contribution in [0.2, 0.25) is 0 Å². The molecule has 1 rings (SSSR count). The van der Waals surface area contributed by atoms with Crippen molar-refractivity contribution in [3.63, 3.8) is 0 Å². The van der Waals surface area contributed by atoms with E-state index in [2.05, 4.69) is 4.98 Å². The minimum absolute atomic E-state index is 0.126. The van der Waals surface area contributed by atoms with Crippen molar-refractivity contribution in [2.75, 3.05) is 0 Å². The van der Waals surface area contributed by atoms with Crippen LogP contribution in [0.4, 0.5) is 5.69 Å². The molecule has 0 bridgehead atoms. The molecule has 1 aromatic rings. The molecular weight excluding hydrogens is 156 g/mol. The SMILES string of the molecule is Cc1cc(C)c([N+](=O)[O-])c(C)n1. The molecule has 12 heavy (non-hydrogen) atoms. The maximum absolute atomic E-state index is 10.5. The van der Waals surface area contributed by atoms with Crippen molar-refractivity contribution in [1.82, 2.24) is 4.98 Å². The molecule has 0 saturated carbocycles. The van der Waals surface area contributed by atoms with Crippen molar-refractivity contribution in [1.29, 1.82) is 0 Å². The van der Waals surface area contributed by atoms with Gasteiger partial charge >= 0.3 is 0 Å². The molecular formula is C8H10N2O2. The van der Waals surface area contributed by atoms with Crippen LogP contribution >= 0.6 is 0 Å². The van der Waals surface area contributed by atoms with E-state index in [-0.39, 0.29) is 5.69 Å². The number of hydrogen-bond donors (Lipinski definition) is 0. The zero-order chi connectivity index (χ0) is 9.30. The summed E-state index contributed by atoms with van der Waals surface area (Å²) < 4.78 is 0. The Kier molecular flexibility index (Phi) is 2.08. The summed E-state index contributed by atoms with van der Waals surface area (Å²) in [4.78, 5) is 14.1. The van der Waals surface area contributed by atoms with Gasteiger partial charge < -0.3 is 0 Å². The summed E-state index contributed by atoms with van der Waals surface area (Å²) in [5, 5.41) is 10.5. The fourth-order valence-electron chi connectivity index (χ4n) is 1.29. The second-order valence-corrected chi connectivity index (χ2v) is 2.77. The molecule has 0 aromatic carbocycles. The van der Waals surface area contributed by atoms with Gasteiger partial charge in [0.15, 0.2) is 0 Å². The Labute approximate surface area is 70.4 Å². The average molecular weight is 166 g/mol. The zero-order valence-corrected chi connectivity index (χ0v) is 7.29. The Morgan fingerprint density at radius 3 is 2.42 bits per heavy atom. The number of aromatic nitrogens is 1. The third-order valence-electron chi connectivity index (χ3n) is 1.67. The van der Waals surface area contributed by atoms with Gasteiger partial charge in [-0.05, 0) is 26.8 Å². The maximum Gasteiger partial charge on any atom is 0.293 e. The molecule has 0 atom stereocenters. The summed E-state index contributed by atoms with van der Waals surface area (Å²) in [6.07, 6.45) is 0. The first-order chi connectivity index (χ1) is 5.52. The van der Waals surface area contributed by atoms with E-state index in [0.717, 1.165) is 5.69 Å². The van der Waals surface area contributed by atoms with E-state index in [1.165, 1.54) is 0 Å². The molecule has 0 fully saturated rings. The van der Waals surface area contributed by atoms with Gasteiger partial charge in [-0.15, -0.1) is 0 Å². The normalized spacial score (nSPS) is 9.92. The first-order valence-electron chi connectivity index (χ1n) is 3.61. The highest BCUT2D eigenvalue weighted by Crippen LogP contribution is 2.20. The lowest BCUT2D eigenvalue weighted by atomic mass is 10.2. The molecule has 1 aromatic heterocycles. The third-order valence-corrected chi connectivity index (χ3v) is 1.67. The van der Waals surface area contributed by atoms with E-state index in [0.29, 0.717) is 11.3 Å².